The fourth-order valence-electron chi connectivity index (χ4n) is 3.62. The van der Waals surface area contributed by atoms with Crippen molar-refractivity contribution in [2.75, 3.05) is 13.2 Å². The fraction of sp³-hybridized carbons (Fsp3) is 0.812. The highest BCUT2D eigenvalue weighted by atomic mass is 16.8. The van der Waals surface area contributed by atoms with Crippen molar-refractivity contribution in [3.8, 4) is 0 Å². The van der Waals surface area contributed by atoms with Gasteiger partial charge < -0.3 is 44.5 Å². The molecule has 0 saturated carbocycles. The third-order valence-corrected chi connectivity index (χ3v) is 5.08. The number of aliphatic hydroxyl groups excluding tert-OH is 5. The Bertz CT molecular complexity index is 547. The van der Waals surface area contributed by atoms with E-state index < -0.39 is 61.6 Å². The average Bonchev–Trinajstić information content (AvgIpc) is 2.61. The molecule has 0 spiro atoms. The minimum absolute atomic E-state index is 0.205. The number of rotatable bonds is 4. The van der Waals surface area contributed by atoms with E-state index in [0.29, 0.717) is 12.0 Å². The first-order valence-electron chi connectivity index (χ1n) is 8.51. The van der Waals surface area contributed by atoms with E-state index in [4.69, 9.17) is 18.9 Å². The Kier molecular flexibility index (Phi) is 5.82. The van der Waals surface area contributed by atoms with Gasteiger partial charge in [0.25, 0.3) is 0 Å². The van der Waals surface area contributed by atoms with Gasteiger partial charge in [-0.1, -0.05) is 0 Å². The summed E-state index contributed by atoms with van der Waals surface area (Å²) in [5.74, 6) is -1.52. The average molecular weight is 376 g/mol. The summed E-state index contributed by atoms with van der Waals surface area (Å²) in [4.78, 5) is 11.9. The van der Waals surface area contributed by atoms with E-state index in [2.05, 4.69) is 0 Å². The lowest BCUT2D eigenvalue weighted by Gasteiger charge is -2.44. The second-order valence-corrected chi connectivity index (χ2v) is 6.76. The van der Waals surface area contributed by atoms with Gasteiger partial charge in [-0.3, -0.25) is 0 Å². The third kappa shape index (κ3) is 3.46. The second-order valence-electron chi connectivity index (χ2n) is 6.76. The van der Waals surface area contributed by atoms with Gasteiger partial charge in [0.05, 0.1) is 37.1 Å². The molecule has 0 bridgehead atoms. The van der Waals surface area contributed by atoms with Crippen LogP contribution in [0.15, 0.2) is 11.8 Å². The van der Waals surface area contributed by atoms with E-state index in [9.17, 15) is 30.3 Å². The van der Waals surface area contributed by atoms with Crippen molar-refractivity contribution in [1.82, 2.24) is 0 Å². The maximum absolute atomic E-state index is 11.9. The highest BCUT2D eigenvalue weighted by Gasteiger charge is 2.49. The molecule has 10 heteroatoms. The van der Waals surface area contributed by atoms with Gasteiger partial charge in [-0.15, -0.1) is 0 Å². The molecule has 0 aliphatic carbocycles. The zero-order valence-electron chi connectivity index (χ0n) is 14.2. The smallest absolute Gasteiger partial charge is 0.337 e. The van der Waals surface area contributed by atoms with Crippen molar-refractivity contribution in [2.45, 2.75) is 56.4 Å². The molecule has 2 fully saturated rings. The number of esters is 1. The van der Waals surface area contributed by atoms with Crippen LogP contribution in [0.3, 0.4) is 0 Å². The predicted octanol–water partition coefficient (Wildman–Crippen LogP) is -2.40. The number of carbonyl (C=O) groups is 1. The maximum Gasteiger partial charge on any atom is 0.337 e. The van der Waals surface area contributed by atoms with Gasteiger partial charge in [-0.05, 0) is 13.3 Å². The standard InChI is InChI=1S/C16H24O10/c1-6(18)10-7-2-3-23-14(22)8(7)5-24-15(10)26-16-13(21)12(20)11(19)9(4-17)25-16/h5-7,9-13,15-21H,2-4H2,1H3/t6?,7?,9-,10?,11-,12-,13-,15?,16+/m1/s1. The lowest BCUT2D eigenvalue weighted by Crippen LogP contribution is -2.60. The van der Waals surface area contributed by atoms with E-state index in [1.54, 1.807) is 0 Å². The van der Waals surface area contributed by atoms with Crippen LogP contribution in [0.1, 0.15) is 13.3 Å². The minimum Gasteiger partial charge on any atom is -0.471 e. The monoisotopic (exact) mass is 376 g/mol. The number of ether oxygens (including phenoxy) is 4. The second kappa shape index (κ2) is 7.77. The van der Waals surface area contributed by atoms with Crippen LogP contribution < -0.4 is 0 Å². The van der Waals surface area contributed by atoms with Gasteiger partial charge >= 0.3 is 5.97 Å². The van der Waals surface area contributed by atoms with Gasteiger partial charge in [0.1, 0.15) is 24.4 Å². The van der Waals surface area contributed by atoms with Crippen molar-refractivity contribution in [3.63, 3.8) is 0 Å². The van der Waals surface area contributed by atoms with Crippen molar-refractivity contribution >= 4 is 5.97 Å². The molecule has 3 rings (SSSR count). The van der Waals surface area contributed by atoms with Gasteiger partial charge in [0.2, 0.25) is 6.29 Å². The quantitative estimate of drug-likeness (QED) is 0.335. The number of hydrogen-bond acceptors (Lipinski definition) is 10. The van der Waals surface area contributed by atoms with Crippen LogP contribution in [0.25, 0.3) is 0 Å². The summed E-state index contributed by atoms with van der Waals surface area (Å²) >= 11 is 0. The molecule has 148 valence electrons. The fourth-order valence-corrected chi connectivity index (χ4v) is 3.62. The van der Waals surface area contributed by atoms with Crippen molar-refractivity contribution < 1.29 is 49.3 Å². The lowest BCUT2D eigenvalue weighted by atomic mass is 9.78. The Morgan fingerprint density at radius 3 is 2.62 bits per heavy atom. The van der Waals surface area contributed by atoms with E-state index in [1.165, 1.54) is 13.2 Å². The molecular formula is C16H24O10. The van der Waals surface area contributed by atoms with Crippen LogP contribution >= 0.6 is 0 Å². The van der Waals surface area contributed by atoms with Gasteiger partial charge in [-0.2, -0.15) is 0 Å². The van der Waals surface area contributed by atoms with Gasteiger partial charge in [-0.25, -0.2) is 4.79 Å². The normalized spacial score (nSPS) is 44.4. The van der Waals surface area contributed by atoms with E-state index in [1.807, 2.05) is 0 Å². The largest absolute Gasteiger partial charge is 0.471 e. The lowest BCUT2D eigenvalue weighted by molar-refractivity contribution is -0.345. The molecule has 3 heterocycles. The SMILES string of the molecule is CC(O)C1C(O[C@@H]2O[C@H](CO)[C@@H](O)[C@@H](O)[C@H]2O)OC=C2C(=O)OCCC21. The highest BCUT2D eigenvalue weighted by Crippen LogP contribution is 2.39. The van der Waals surface area contributed by atoms with Gasteiger partial charge in [0, 0.05) is 5.92 Å². The summed E-state index contributed by atoms with van der Waals surface area (Å²) in [6.45, 7) is 1.14. The molecule has 10 nitrogen and oxygen atoms in total. The number of carbonyl (C=O) groups excluding carboxylic acids is 1. The van der Waals surface area contributed by atoms with Crippen LogP contribution in [-0.2, 0) is 23.7 Å². The Morgan fingerprint density at radius 2 is 1.96 bits per heavy atom. The summed E-state index contributed by atoms with van der Waals surface area (Å²) in [6, 6.07) is 0. The Hall–Kier alpha value is -1.27. The molecule has 0 aromatic carbocycles. The van der Waals surface area contributed by atoms with Crippen molar-refractivity contribution in [1.29, 1.82) is 0 Å². The van der Waals surface area contributed by atoms with E-state index >= 15 is 0 Å². The zero-order valence-corrected chi connectivity index (χ0v) is 14.2. The van der Waals surface area contributed by atoms with Gasteiger partial charge in [0.15, 0.2) is 6.29 Å². The summed E-state index contributed by atoms with van der Waals surface area (Å²) in [7, 11) is 0. The van der Waals surface area contributed by atoms with Crippen LogP contribution in [0.5, 0.6) is 0 Å². The first-order valence-corrected chi connectivity index (χ1v) is 8.51. The Morgan fingerprint density at radius 1 is 1.23 bits per heavy atom. The maximum atomic E-state index is 11.9. The molecule has 0 radical (unpaired) electrons. The molecule has 3 aliphatic rings. The van der Waals surface area contributed by atoms with Crippen LogP contribution in [0, 0.1) is 11.8 Å². The third-order valence-electron chi connectivity index (χ3n) is 5.08. The predicted molar refractivity (Wildman–Crippen MR) is 82.0 cm³/mol. The molecule has 5 N–H and O–H groups in total. The molecule has 26 heavy (non-hydrogen) atoms. The first kappa shape index (κ1) is 19.5. The van der Waals surface area contributed by atoms with Crippen LogP contribution in [0.4, 0.5) is 0 Å². The van der Waals surface area contributed by atoms with Crippen LogP contribution in [-0.4, -0.2) is 87.8 Å². The summed E-state index contributed by atoms with van der Waals surface area (Å²) in [6.07, 6.45) is -7.51. The molecule has 3 aliphatic heterocycles. The Balaban J connectivity index is 1.78. The molecule has 4 unspecified atom stereocenters. The summed E-state index contributed by atoms with van der Waals surface area (Å²) in [5, 5.41) is 49.2. The zero-order chi connectivity index (χ0) is 19.0. The topological polar surface area (TPSA) is 155 Å². The van der Waals surface area contributed by atoms with Crippen molar-refractivity contribution in [2.24, 2.45) is 11.8 Å². The number of cyclic esters (lactones) is 1. The number of aliphatic hydroxyl groups is 5. The highest BCUT2D eigenvalue weighted by molar-refractivity contribution is 5.89. The molecule has 0 aromatic heterocycles. The van der Waals surface area contributed by atoms with Crippen molar-refractivity contribution in [3.05, 3.63) is 11.8 Å². The number of fused-ring (bicyclic) bond motifs is 1. The van der Waals surface area contributed by atoms with E-state index in [0.717, 1.165) is 0 Å². The summed E-state index contributed by atoms with van der Waals surface area (Å²) in [5.41, 5.74) is 0.302. The first-order chi connectivity index (χ1) is 12.3. The summed E-state index contributed by atoms with van der Waals surface area (Å²) < 4.78 is 21.3. The molecule has 2 saturated heterocycles. The Labute approximate surface area is 149 Å². The molecular weight excluding hydrogens is 352 g/mol. The molecule has 0 aromatic rings. The minimum atomic E-state index is -1.59. The van der Waals surface area contributed by atoms with Crippen LogP contribution in [0.2, 0.25) is 0 Å². The molecule has 0 amide bonds. The number of hydrogen-bond donors (Lipinski definition) is 5. The molecule has 9 atom stereocenters. The van der Waals surface area contributed by atoms with E-state index in [-0.39, 0.29) is 12.5 Å².